The second kappa shape index (κ2) is 7.42. The van der Waals surface area contributed by atoms with Gasteiger partial charge in [-0.05, 0) is 60.4 Å². The maximum absolute atomic E-state index is 13.2. The van der Waals surface area contributed by atoms with Crippen molar-refractivity contribution in [3.05, 3.63) is 21.9 Å². The molecule has 1 spiro atoms. The Hall–Kier alpha value is -1.89. The third kappa shape index (κ3) is 3.58. The number of carbonyl (C=O) groups excluding carboxylic acids is 3. The summed E-state index contributed by atoms with van der Waals surface area (Å²) in [6.45, 7) is 7.84. The predicted octanol–water partition coefficient (Wildman–Crippen LogP) is 3.55. The molecule has 1 saturated heterocycles. The van der Waals surface area contributed by atoms with Gasteiger partial charge in [0.25, 0.3) is 5.91 Å². The maximum Gasteiger partial charge on any atom is 0.325 e. The molecule has 4 amide bonds. The highest BCUT2D eigenvalue weighted by molar-refractivity contribution is 7.10. The van der Waals surface area contributed by atoms with Crippen LogP contribution in [0.2, 0.25) is 0 Å². The zero-order chi connectivity index (χ0) is 20.8. The molecule has 3 aliphatic rings. The van der Waals surface area contributed by atoms with Crippen LogP contribution in [0, 0.1) is 11.3 Å². The van der Waals surface area contributed by atoms with E-state index in [1.54, 1.807) is 16.2 Å². The van der Waals surface area contributed by atoms with Crippen LogP contribution >= 0.6 is 11.3 Å². The Bertz CT molecular complexity index is 823. The van der Waals surface area contributed by atoms with Crippen molar-refractivity contribution >= 4 is 29.2 Å². The van der Waals surface area contributed by atoms with Crippen molar-refractivity contribution in [1.29, 1.82) is 0 Å². The third-order valence-electron chi connectivity index (χ3n) is 7.56. The number of rotatable bonds is 4. The summed E-state index contributed by atoms with van der Waals surface area (Å²) in [6.07, 6.45) is 5.14. The molecular weight excluding hydrogens is 386 g/mol. The van der Waals surface area contributed by atoms with E-state index in [9.17, 15) is 14.4 Å². The van der Waals surface area contributed by atoms with Crippen molar-refractivity contribution in [2.24, 2.45) is 11.3 Å². The molecule has 0 bridgehead atoms. The molecule has 29 heavy (non-hydrogen) atoms. The van der Waals surface area contributed by atoms with E-state index in [1.165, 1.54) is 10.4 Å². The van der Waals surface area contributed by atoms with Crippen molar-refractivity contribution in [2.45, 2.75) is 71.4 Å². The van der Waals surface area contributed by atoms with Gasteiger partial charge in [-0.1, -0.05) is 27.2 Å². The smallest absolute Gasteiger partial charge is 0.325 e. The van der Waals surface area contributed by atoms with Gasteiger partial charge in [0, 0.05) is 18.0 Å². The van der Waals surface area contributed by atoms with Crippen LogP contribution in [0.15, 0.2) is 11.4 Å². The van der Waals surface area contributed by atoms with Crippen molar-refractivity contribution < 1.29 is 14.4 Å². The van der Waals surface area contributed by atoms with Crippen LogP contribution in [-0.4, -0.2) is 46.3 Å². The average Bonchev–Trinajstić information content (AvgIpc) is 3.26. The van der Waals surface area contributed by atoms with E-state index in [-0.39, 0.29) is 23.8 Å². The molecule has 0 radical (unpaired) electrons. The van der Waals surface area contributed by atoms with Crippen molar-refractivity contribution in [1.82, 2.24) is 15.1 Å². The number of nitrogens with one attached hydrogen (secondary N) is 1. The fourth-order valence-electron chi connectivity index (χ4n) is 5.04. The van der Waals surface area contributed by atoms with Gasteiger partial charge in [-0.2, -0.15) is 0 Å². The highest BCUT2D eigenvalue weighted by atomic mass is 32.1. The van der Waals surface area contributed by atoms with Crippen LogP contribution in [0.3, 0.4) is 0 Å². The summed E-state index contributed by atoms with van der Waals surface area (Å²) >= 11 is 1.72. The molecule has 1 N–H and O–H groups in total. The summed E-state index contributed by atoms with van der Waals surface area (Å²) in [7, 11) is 0. The average molecular weight is 418 g/mol. The van der Waals surface area contributed by atoms with E-state index in [1.807, 2.05) is 0 Å². The molecule has 1 aromatic heterocycles. The minimum atomic E-state index is -0.805. The number of nitrogens with zero attached hydrogens (tertiary/aromatic N) is 2. The molecular formula is C22H31N3O3S. The van der Waals surface area contributed by atoms with E-state index in [2.05, 4.69) is 37.5 Å². The molecule has 6 nitrogen and oxygen atoms in total. The standard InChI is InChI=1S/C22H31N3O3S/c1-4-21(2,3)16-5-9-22(10-6-16)19(27)25(20(28)23-22)14-18(26)24-11-7-17-15(13-24)8-12-29-17/h8,12,16H,4-7,9-11,13-14H2,1-3H3,(H,23,28). The summed E-state index contributed by atoms with van der Waals surface area (Å²) in [5, 5.41) is 5.00. The van der Waals surface area contributed by atoms with Crippen LogP contribution < -0.4 is 5.32 Å². The number of hydrogen-bond acceptors (Lipinski definition) is 4. The monoisotopic (exact) mass is 417 g/mol. The highest BCUT2D eigenvalue weighted by Crippen LogP contribution is 2.45. The van der Waals surface area contributed by atoms with Gasteiger partial charge < -0.3 is 10.2 Å². The topological polar surface area (TPSA) is 69.7 Å². The lowest BCUT2D eigenvalue weighted by atomic mass is 9.65. The number of fused-ring (bicyclic) bond motifs is 1. The molecule has 1 aliphatic carbocycles. The van der Waals surface area contributed by atoms with Gasteiger partial charge in [-0.3, -0.25) is 14.5 Å². The van der Waals surface area contributed by atoms with E-state index in [0.717, 1.165) is 30.6 Å². The van der Waals surface area contributed by atoms with E-state index in [0.29, 0.717) is 31.8 Å². The molecule has 0 aromatic carbocycles. The number of carbonyl (C=O) groups is 3. The second-order valence-corrected chi connectivity index (χ2v) is 10.5. The van der Waals surface area contributed by atoms with Crippen molar-refractivity contribution in [3.8, 4) is 0 Å². The van der Waals surface area contributed by atoms with Crippen LogP contribution in [0.25, 0.3) is 0 Å². The van der Waals surface area contributed by atoms with Gasteiger partial charge in [0.2, 0.25) is 5.91 Å². The van der Waals surface area contributed by atoms with Gasteiger partial charge in [-0.25, -0.2) is 4.79 Å². The first-order valence-electron chi connectivity index (χ1n) is 10.7. The molecule has 3 heterocycles. The number of amides is 4. The van der Waals surface area contributed by atoms with Gasteiger partial charge >= 0.3 is 6.03 Å². The molecule has 0 atom stereocenters. The predicted molar refractivity (Wildman–Crippen MR) is 112 cm³/mol. The molecule has 2 aliphatic heterocycles. The summed E-state index contributed by atoms with van der Waals surface area (Å²) in [5.74, 6) is 0.201. The third-order valence-corrected chi connectivity index (χ3v) is 8.58. The fraction of sp³-hybridized carbons (Fsp3) is 0.682. The molecule has 1 aromatic rings. The number of imide groups is 1. The fourth-order valence-corrected chi connectivity index (χ4v) is 5.93. The summed E-state index contributed by atoms with van der Waals surface area (Å²) in [6, 6.07) is 1.64. The minimum absolute atomic E-state index is 0.150. The first kappa shape index (κ1) is 20.4. The normalized spacial score (nSPS) is 27.3. The lowest BCUT2D eigenvalue weighted by Gasteiger charge is -2.42. The first-order chi connectivity index (χ1) is 13.8. The molecule has 158 valence electrons. The van der Waals surface area contributed by atoms with Crippen LogP contribution in [0.5, 0.6) is 0 Å². The second-order valence-electron chi connectivity index (χ2n) is 9.45. The largest absolute Gasteiger partial charge is 0.336 e. The highest BCUT2D eigenvalue weighted by Gasteiger charge is 2.54. The number of thiophene rings is 1. The first-order valence-corrected chi connectivity index (χ1v) is 11.6. The Labute approximate surface area is 176 Å². The van der Waals surface area contributed by atoms with Gasteiger partial charge in [0.1, 0.15) is 12.1 Å². The zero-order valence-corrected chi connectivity index (χ0v) is 18.4. The summed E-state index contributed by atoms with van der Waals surface area (Å²) in [4.78, 5) is 42.8. The Kier molecular flexibility index (Phi) is 5.21. The van der Waals surface area contributed by atoms with Gasteiger partial charge in [0.05, 0.1) is 0 Å². The van der Waals surface area contributed by atoms with Crippen molar-refractivity contribution in [3.63, 3.8) is 0 Å². The van der Waals surface area contributed by atoms with Crippen LogP contribution in [0.4, 0.5) is 4.79 Å². The van der Waals surface area contributed by atoms with E-state index >= 15 is 0 Å². The Morgan fingerprint density at radius 2 is 2.03 bits per heavy atom. The van der Waals surface area contributed by atoms with Gasteiger partial charge in [0.15, 0.2) is 0 Å². The minimum Gasteiger partial charge on any atom is -0.336 e. The molecule has 7 heteroatoms. The van der Waals surface area contributed by atoms with E-state index in [4.69, 9.17) is 0 Å². The summed E-state index contributed by atoms with van der Waals surface area (Å²) < 4.78 is 0. The summed E-state index contributed by atoms with van der Waals surface area (Å²) in [5.41, 5.74) is 0.623. The lowest BCUT2D eigenvalue weighted by molar-refractivity contribution is -0.140. The molecule has 4 rings (SSSR count). The van der Waals surface area contributed by atoms with Crippen LogP contribution in [0.1, 0.15) is 63.3 Å². The Morgan fingerprint density at radius 3 is 2.72 bits per heavy atom. The SMILES string of the molecule is CCC(C)(C)C1CCC2(CC1)NC(=O)N(CC(=O)N1CCc3sccc3C1)C2=O. The lowest BCUT2D eigenvalue weighted by Crippen LogP contribution is -2.51. The van der Waals surface area contributed by atoms with Crippen LogP contribution in [-0.2, 0) is 22.6 Å². The van der Waals surface area contributed by atoms with Gasteiger partial charge in [-0.15, -0.1) is 11.3 Å². The number of urea groups is 1. The molecule has 0 unspecified atom stereocenters. The zero-order valence-electron chi connectivity index (χ0n) is 17.6. The van der Waals surface area contributed by atoms with Crippen molar-refractivity contribution in [2.75, 3.05) is 13.1 Å². The maximum atomic E-state index is 13.2. The van der Waals surface area contributed by atoms with E-state index < -0.39 is 11.6 Å². The number of hydrogen-bond donors (Lipinski definition) is 1. The molecule has 1 saturated carbocycles. The molecule has 2 fully saturated rings. The Morgan fingerprint density at radius 1 is 1.31 bits per heavy atom. The Balaban J connectivity index is 1.40. The quantitative estimate of drug-likeness (QED) is 0.762.